The smallest absolute Gasteiger partial charge is 0.295 e. The molecule has 38 heavy (non-hydrogen) atoms. The third-order valence-corrected chi connectivity index (χ3v) is 7.34. The highest BCUT2D eigenvalue weighted by Crippen LogP contribution is 2.43. The first-order valence-corrected chi connectivity index (χ1v) is 13.2. The van der Waals surface area contributed by atoms with Gasteiger partial charge in [0.2, 0.25) is 5.76 Å². The highest BCUT2D eigenvalue weighted by atomic mass is 35.5. The minimum atomic E-state index is -0.720. The molecule has 1 aliphatic heterocycles. The zero-order valence-corrected chi connectivity index (χ0v) is 22.7. The molecule has 7 heteroatoms. The van der Waals surface area contributed by atoms with Gasteiger partial charge in [0.1, 0.15) is 5.58 Å². The Bertz CT molecular complexity index is 1590. The van der Waals surface area contributed by atoms with Gasteiger partial charge in [0, 0.05) is 10.7 Å². The zero-order valence-electron chi connectivity index (χ0n) is 22.0. The van der Waals surface area contributed by atoms with Gasteiger partial charge in [-0.3, -0.25) is 14.5 Å². The molecule has 2 heterocycles. The first-order valence-electron chi connectivity index (χ1n) is 12.8. The number of unbranched alkanes of at least 4 members (excludes halogenated alkanes) is 2. The maximum atomic E-state index is 13.9. The van der Waals surface area contributed by atoms with Crippen LogP contribution in [-0.2, 0) is 0 Å². The van der Waals surface area contributed by atoms with Gasteiger partial charge in [0.05, 0.1) is 30.7 Å². The minimum absolute atomic E-state index is 0.0342. The fourth-order valence-corrected chi connectivity index (χ4v) is 5.08. The van der Waals surface area contributed by atoms with Crippen molar-refractivity contribution in [2.24, 2.45) is 0 Å². The summed E-state index contributed by atoms with van der Waals surface area (Å²) in [6.45, 7) is 6.74. The number of carbonyl (C=O) groups excluding carboxylic acids is 1. The molecular weight excluding hydrogens is 502 g/mol. The van der Waals surface area contributed by atoms with Crippen LogP contribution in [0.5, 0.6) is 11.5 Å². The van der Waals surface area contributed by atoms with Crippen molar-refractivity contribution in [2.75, 3.05) is 18.6 Å². The number of benzene rings is 3. The number of rotatable bonds is 8. The van der Waals surface area contributed by atoms with Crippen molar-refractivity contribution in [3.05, 3.63) is 97.9 Å². The number of hydrogen-bond acceptors (Lipinski definition) is 5. The maximum Gasteiger partial charge on any atom is 0.295 e. The van der Waals surface area contributed by atoms with Crippen LogP contribution in [0.3, 0.4) is 0 Å². The first-order chi connectivity index (χ1) is 18.3. The van der Waals surface area contributed by atoms with E-state index in [0.29, 0.717) is 45.3 Å². The van der Waals surface area contributed by atoms with Gasteiger partial charge in [-0.15, -0.1) is 0 Å². The number of methoxy groups -OCH3 is 1. The number of nitrogens with zero attached hydrogens (tertiary/aromatic N) is 1. The van der Waals surface area contributed by atoms with Crippen LogP contribution in [0.1, 0.15) is 65.0 Å². The quantitative estimate of drug-likeness (QED) is 0.222. The Kier molecular flexibility index (Phi) is 7.17. The molecule has 0 aliphatic carbocycles. The highest BCUT2D eigenvalue weighted by Gasteiger charge is 2.44. The van der Waals surface area contributed by atoms with Crippen molar-refractivity contribution in [3.8, 4) is 11.5 Å². The maximum absolute atomic E-state index is 13.9. The summed E-state index contributed by atoms with van der Waals surface area (Å²) in [5, 5.41) is 0.752. The summed E-state index contributed by atoms with van der Waals surface area (Å²) in [6.07, 6.45) is 3.13. The summed E-state index contributed by atoms with van der Waals surface area (Å²) in [6, 6.07) is 15.5. The Morgan fingerprint density at radius 1 is 0.947 bits per heavy atom. The Labute approximate surface area is 226 Å². The van der Waals surface area contributed by atoms with E-state index in [1.807, 2.05) is 50.2 Å². The molecule has 0 spiro atoms. The van der Waals surface area contributed by atoms with Crippen molar-refractivity contribution in [1.29, 1.82) is 0 Å². The molecule has 4 aromatic rings. The Balaban J connectivity index is 1.69. The lowest BCUT2D eigenvalue weighted by Crippen LogP contribution is -2.29. The second kappa shape index (κ2) is 10.5. The van der Waals surface area contributed by atoms with Crippen molar-refractivity contribution in [3.63, 3.8) is 0 Å². The topological polar surface area (TPSA) is 69.0 Å². The average Bonchev–Trinajstić information content (AvgIpc) is 3.21. The monoisotopic (exact) mass is 531 g/mol. The molecule has 196 valence electrons. The Hall–Kier alpha value is -3.77. The minimum Gasteiger partial charge on any atom is -0.493 e. The van der Waals surface area contributed by atoms with E-state index in [2.05, 4.69) is 6.92 Å². The van der Waals surface area contributed by atoms with Crippen LogP contribution in [0.4, 0.5) is 5.69 Å². The van der Waals surface area contributed by atoms with E-state index in [1.165, 1.54) is 0 Å². The van der Waals surface area contributed by atoms with Gasteiger partial charge in [0.25, 0.3) is 5.91 Å². The number of amides is 1. The third kappa shape index (κ3) is 4.54. The number of halogens is 1. The van der Waals surface area contributed by atoms with E-state index in [4.69, 9.17) is 25.5 Å². The average molecular weight is 532 g/mol. The Morgan fingerprint density at radius 3 is 2.50 bits per heavy atom. The second-order valence-corrected chi connectivity index (χ2v) is 10.1. The molecule has 0 fully saturated rings. The zero-order chi connectivity index (χ0) is 27.0. The largest absolute Gasteiger partial charge is 0.493 e. The number of ether oxygens (including phenoxy) is 2. The lowest BCUT2D eigenvalue weighted by atomic mass is 9.97. The fraction of sp³-hybridized carbons (Fsp3) is 0.290. The van der Waals surface area contributed by atoms with Crippen LogP contribution in [0, 0.1) is 13.8 Å². The van der Waals surface area contributed by atoms with Gasteiger partial charge < -0.3 is 13.9 Å². The summed E-state index contributed by atoms with van der Waals surface area (Å²) in [5.74, 6) is 0.813. The van der Waals surface area contributed by atoms with E-state index in [1.54, 1.807) is 30.2 Å². The summed E-state index contributed by atoms with van der Waals surface area (Å²) in [5.41, 5.74) is 3.84. The normalized spacial score (nSPS) is 14.7. The van der Waals surface area contributed by atoms with Crippen LogP contribution in [0.2, 0.25) is 5.02 Å². The van der Waals surface area contributed by atoms with Crippen LogP contribution in [0.25, 0.3) is 11.0 Å². The summed E-state index contributed by atoms with van der Waals surface area (Å²) in [7, 11) is 1.58. The molecule has 1 aliphatic rings. The van der Waals surface area contributed by atoms with Gasteiger partial charge in [-0.05, 0) is 79.4 Å². The van der Waals surface area contributed by atoms with Crippen molar-refractivity contribution in [2.45, 2.75) is 46.1 Å². The van der Waals surface area contributed by atoms with E-state index in [-0.39, 0.29) is 22.7 Å². The number of fused-ring (bicyclic) bond motifs is 2. The van der Waals surface area contributed by atoms with Gasteiger partial charge in [-0.25, -0.2) is 0 Å². The number of anilines is 1. The number of hydrogen-bond donors (Lipinski definition) is 0. The number of aryl methyl sites for hydroxylation is 2. The standard InChI is InChI=1S/C31H30ClNO5/c1-5-6-7-14-37-25-12-9-20(16-26(25)36-4)28-27-29(34)23-17-21(32)10-13-24(23)38-30(27)31(35)33(28)22-11-8-18(2)19(3)15-22/h8-13,15-17,28H,5-7,14H2,1-4H3. The van der Waals surface area contributed by atoms with Crippen molar-refractivity contribution < 1.29 is 18.7 Å². The molecular formula is C31H30ClNO5. The van der Waals surface area contributed by atoms with Crippen LogP contribution in [-0.4, -0.2) is 19.6 Å². The van der Waals surface area contributed by atoms with Crippen LogP contribution < -0.4 is 19.8 Å². The molecule has 0 saturated heterocycles. The van der Waals surface area contributed by atoms with E-state index >= 15 is 0 Å². The molecule has 0 N–H and O–H groups in total. The predicted octanol–water partition coefficient (Wildman–Crippen LogP) is 7.39. The van der Waals surface area contributed by atoms with Crippen molar-refractivity contribution >= 4 is 34.2 Å². The van der Waals surface area contributed by atoms with Gasteiger partial charge in [-0.2, -0.15) is 0 Å². The molecule has 0 radical (unpaired) electrons. The summed E-state index contributed by atoms with van der Waals surface area (Å²) in [4.78, 5) is 29.4. The van der Waals surface area contributed by atoms with E-state index in [9.17, 15) is 9.59 Å². The molecule has 5 rings (SSSR count). The second-order valence-electron chi connectivity index (χ2n) is 9.63. The van der Waals surface area contributed by atoms with Crippen molar-refractivity contribution in [1.82, 2.24) is 0 Å². The lowest BCUT2D eigenvalue weighted by molar-refractivity contribution is 0.0971. The summed E-state index contributed by atoms with van der Waals surface area (Å²) < 4.78 is 17.7. The molecule has 1 atom stereocenters. The summed E-state index contributed by atoms with van der Waals surface area (Å²) >= 11 is 6.21. The first kappa shape index (κ1) is 25.9. The molecule has 1 unspecified atom stereocenters. The predicted molar refractivity (Wildman–Crippen MR) is 150 cm³/mol. The van der Waals surface area contributed by atoms with E-state index in [0.717, 1.165) is 30.4 Å². The van der Waals surface area contributed by atoms with Crippen LogP contribution in [0.15, 0.2) is 63.8 Å². The van der Waals surface area contributed by atoms with Gasteiger partial charge >= 0.3 is 0 Å². The molecule has 1 aromatic heterocycles. The Morgan fingerprint density at radius 2 is 1.76 bits per heavy atom. The molecule has 6 nitrogen and oxygen atoms in total. The SMILES string of the molecule is CCCCCOc1ccc(C2c3c(oc4ccc(Cl)cc4c3=O)C(=O)N2c2ccc(C)c(C)c2)cc1OC. The van der Waals surface area contributed by atoms with Gasteiger partial charge in [0.15, 0.2) is 16.9 Å². The molecule has 0 bridgehead atoms. The number of carbonyl (C=O) groups is 1. The highest BCUT2D eigenvalue weighted by molar-refractivity contribution is 6.31. The lowest BCUT2D eigenvalue weighted by Gasteiger charge is -2.26. The molecule has 3 aromatic carbocycles. The molecule has 1 amide bonds. The van der Waals surface area contributed by atoms with Crippen LogP contribution >= 0.6 is 11.6 Å². The third-order valence-electron chi connectivity index (χ3n) is 7.11. The fourth-order valence-electron chi connectivity index (χ4n) is 4.91. The van der Waals surface area contributed by atoms with Gasteiger partial charge in [-0.1, -0.05) is 43.5 Å². The molecule has 0 saturated carbocycles. The van der Waals surface area contributed by atoms with E-state index < -0.39 is 6.04 Å².